The summed E-state index contributed by atoms with van der Waals surface area (Å²) in [4.78, 5) is 14.1. The molecular weight excluding hydrogens is 256 g/mol. The fraction of sp³-hybridized carbons (Fsp3) is 0.333. The Balaban J connectivity index is 3.02. The fourth-order valence-corrected chi connectivity index (χ4v) is 1.86. The number of rotatable bonds is 4. The van der Waals surface area contributed by atoms with Gasteiger partial charge < -0.3 is 10.6 Å². The van der Waals surface area contributed by atoms with E-state index in [1.54, 1.807) is 11.0 Å². The van der Waals surface area contributed by atoms with Crippen molar-refractivity contribution in [1.82, 2.24) is 4.90 Å². The summed E-state index contributed by atoms with van der Waals surface area (Å²) in [5.41, 5.74) is 6.83. The van der Waals surface area contributed by atoms with Crippen molar-refractivity contribution in [3.63, 3.8) is 0 Å². The molecule has 92 valence electrons. The van der Waals surface area contributed by atoms with E-state index >= 15 is 0 Å². The van der Waals surface area contributed by atoms with Crippen LogP contribution in [0.4, 0.5) is 0 Å². The number of hydrogen-bond acceptors (Lipinski definition) is 2. The van der Waals surface area contributed by atoms with Gasteiger partial charge >= 0.3 is 0 Å². The molecule has 0 unspecified atom stereocenters. The summed E-state index contributed by atoms with van der Waals surface area (Å²) < 4.78 is 0. The number of carbonyl (C=O) groups is 1. The van der Waals surface area contributed by atoms with Gasteiger partial charge in [0.15, 0.2) is 0 Å². The van der Waals surface area contributed by atoms with E-state index in [0.29, 0.717) is 22.1 Å². The van der Waals surface area contributed by atoms with E-state index in [-0.39, 0.29) is 12.5 Å². The summed E-state index contributed by atoms with van der Waals surface area (Å²) >= 11 is 10.9. The van der Waals surface area contributed by atoms with E-state index in [0.717, 1.165) is 5.56 Å². The van der Waals surface area contributed by atoms with Crippen LogP contribution in [0.3, 0.4) is 0 Å². The van der Waals surface area contributed by atoms with Crippen LogP contribution in [0.15, 0.2) is 18.2 Å². The third-order valence-electron chi connectivity index (χ3n) is 2.44. The quantitative estimate of drug-likeness (QED) is 0.855. The third kappa shape index (κ3) is 3.41. The minimum Gasteiger partial charge on any atom is -0.392 e. The van der Waals surface area contributed by atoms with Crippen LogP contribution in [0.1, 0.15) is 22.8 Å². The second kappa shape index (κ2) is 5.98. The summed E-state index contributed by atoms with van der Waals surface area (Å²) in [5, 5.41) is 0.485. The van der Waals surface area contributed by atoms with Crippen molar-refractivity contribution in [3.05, 3.63) is 34.3 Å². The lowest BCUT2D eigenvalue weighted by Crippen LogP contribution is -2.37. The molecule has 0 fully saturated rings. The Hall–Kier alpha value is -1.13. The predicted molar refractivity (Wildman–Crippen MR) is 74.6 cm³/mol. The van der Waals surface area contributed by atoms with Crippen molar-refractivity contribution < 1.29 is 4.79 Å². The first-order valence-corrected chi connectivity index (χ1v) is 6.08. The average molecular weight is 271 g/mol. The molecule has 0 saturated heterocycles. The van der Waals surface area contributed by atoms with Gasteiger partial charge in [0.05, 0.1) is 22.1 Å². The highest BCUT2D eigenvalue weighted by Crippen LogP contribution is 2.21. The predicted octanol–water partition coefficient (Wildman–Crippen LogP) is 2.40. The van der Waals surface area contributed by atoms with Crippen LogP contribution in [-0.2, 0) is 0 Å². The molecule has 0 aliphatic carbocycles. The fourth-order valence-electron chi connectivity index (χ4n) is 1.50. The first kappa shape index (κ1) is 13.9. The topological polar surface area (TPSA) is 46.3 Å². The molecule has 0 atom stereocenters. The first-order chi connectivity index (χ1) is 7.97. The molecule has 2 N–H and O–H groups in total. The molecule has 5 heteroatoms. The van der Waals surface area contributed by atoms with Crippen LogP contribution in [0.2, 0.25) is 5.02 Å². The minimum atomic E-state index is -0.144. The zero-order valence-electron chi connectivity index (χ0n) is 9.87. The van der Waals surface area contributed by atoms with Crippen molar-refractivity contribution in [2.45, 2.75) is 13.8 Å². The monoisotopic (exact) mass is 270 g/mol. The van der Waals surface area contributed by atoms with Crippen molar-refractivity contribution >= 4 is 34.7 Å². The maximum Gasteiger partial charge on any atom is 0.255 e. The SMILES string of the molecule is CCN(CC(N)=S)C(=O)c1cccc(C)c1Cl. The number of carbonyl (C=O) groups excluding carboxylic acids is 1. The molecule has 0 heterocycles. The van der Waals surface area contributed by atoms with Crippen molar-refractivity contribution in [2.75, 3.05) is 13.1 Å². The second-order valence-electron chi connectivity index (χ2n) is 3.72. The standard InChI is InChI=1S/C12H15ClN2OS/c1-3-15(7-10(14)17)12(16)9-6-4-5-8(2)11(9)13/h4-6H,3,7H2,1-2H3,(H2,14,17). The van der Waals surface area contributed by atoms with Gasteiger partial charge in [0.25, 0.3) is 5.91 Å². The van der Waals surface area contributed by atoms with E-state index in [9.17, 15) is 4.79 Å². The second-order valence-corrected chi connectivity index (χ2v) is 4.62. The Kier molecular flexibility index (Phi) is 4.90. The minimum absolute atomic E-state index is 0.144. The van der Waals surface area contributed by atoms with E-state index < -0.39 is 0 Å². The molecule has 0 saturated carbocycles. The molecule has 0 aliphatic rings. The first-order valence-electron chi connectivity index (χ1n) is 5.30. The molecule has 17 heavy (non-hydrogen) atoms. The summed E-state index contributed by atoms with van der Waals surface area (Å²) in [7, 11) is 0. The van der Waals surface area contributed by atoms with Crippen LogP contribution in [-0.4, -0.2) is 28.9 Å². The van der Waals surface area contributed by atoms with Crippen LogP contribution in [0.25, 0.3) is 0 Å². The lowest BCUT2D eigenvalue weighted by molar-refractivity contribution is 0.0788. The van der Waals surface area contributed by atoms with E-state index in [1.807, 2.05) is 26.0 Å². The van der Waals surface area contributed by atoms with Crippen molar-refractivity contribution in [2.24, 2.45) is 5.73 Å². The Morgan fingerprint density at radius 1 is 1.53 bits per heavy atom. The van der Waals surface area contributed by atoms with Gasteiger partial charge in [-0.15, -0.1) is 0 Å². The lowest BCUT2D eigenvalue weighted by Gasteiger charge is -2.21. The number of hydrogen-bond donors (Lipinski definition) is 1. The number of thiocarbonyl (C=S) groups is 1. The van der Waals surface area contributed by atoms with Gasteiger partial charge in [0.1, 0.15) is 0 Å². The Morgan fingerprint density at radius 2 is 2.18 bits per heavy atom. The molecule has 0 aliphatic heterocycles. The van der Waals surface area contributed by atoms with Crippen molar-refractivity contribution in [1.29, 1.82) is 0 Å². The highest BCUT2D eigenvalue weighted by atomic mass is 35.5. The largest absolute Gasteiger partial charge is 0.392 e. The van der Waals surface area contributed by atoms with Crippen LogP contribution in [0, 0.1) is 6.92 Å². The molecule has 0 aromatic heterocycles. The molecule has 1 amide bonds. The summed E-state index contributed by atoms with van der Waals surface area (Å²) in [6.45, 7) is 4.55. The number of nitrogens with two attached hydrogens (primary N) is 1. The summed E-state index contributed by atoms with van der Waals surface area (Å²) in [5.74, 6) is -0.144. The van der Waals surface area contributed by atoms with Gasteiger partial charge in [-0.25, -0.2) is 0 Å². The maximum atomic E-state index is 12.2. The molecule has 1 rings (SSSR count). The normalized spacial score (nSPS) is 10.1. The summed E-state index contributed by atoms with van der Waals surface area (Å²) in [6, 6.07) is 5.38. The zero-order valence-corrected chi connectivity index (χ0v) is 11.4. The molecule has 0 spiro atoms. The number of nitrogens with zero attached hydrogens (tertiary/aromatic N) is 1. The highest BCUT2D eigenvalue weighted by Gasteiger charge is 2.18. The van der Waals surface area contributed by atoms with Gasteiger partial charge in [0, 0.05) is 6.54 Å². The molecule has 0 bridgehead atoms. The Morgan fingerprint density at radius 3 is 2.71 bits per heavy atom. The highest BCUT2D eigenvalue weighted by molar-refractivity contribution is 7.80. The zero-order chi connectivity index (χ0) is 13.0. The van der Waals surface area contributed by atoms with Gasteiger partial charge in [-0.1, -0.05) is 36.0 Å². The Labute approximate surface area is 112 Å². The molecule has 1 aromatic carbocycles. The van der Waals surface area contributed by atoms with E-state index in [2.05, 4.69) is 0 Å². The smallest absolute Gasteiger partial charge is 0.255 e. The number of aryl methyl sites for hydroxylation is 1. The van der Waals surface area contributed by atoms with Crippen LogP contribution >= 0.6 is 23.8 Å². The number of likely N-dealkylation sites (N-methyl/N-ethyl adjacent to an activating group) is 1. The van der Waals surface area contributed by atoms with E-state index in [1.165, 1.54) is 0 Å². The lowest BCUT2D eigenvalue weighted by atomic mass is 10.1. The number of halogens is 1. The van der Waals surface area contributed by atoms with Crippen LogP contribution in [0.5, 0.6) is 0 Å². The number of amides is 1. The van der Waals surface area contributed by atoms with Crippen LogP contribution < -0.4 is 5.73 Å². The molecule has 3 nitrogen and oxygen atoms in total. The summed E-state index contributed by atoms with van der Waals surface area (Å²) in [6.07, 6.45) is 0. The molecule has 0 radical (unpaired) electrons. The van der Waals surface area contributed by atoms with Gasteiger partial charge in [-0.2, -0.15) is 0 Å². The average Bonchev–Trinajstić information content (AvgIpc) is 2.28. The Bertz CT molecular complexity index is 448. The molecular formula is C12H15ClN2OS. The number of benzene rings is 1. The maximum absolute atomic E-state index is 12.2. The van der Waals surface area contributed by atoms with Gasteiger partial charge in [0.2, 0.25) is 0 Å². The van der Waals surface area contributed by atoms with Gasteiger partial charge in [-0.3, -0.25) is 4.79 Å². The van der Waals surface area contributed by atoms with E-state index in [4.69, 9.17) is 29.6 Å². The van der Waals surface area contributed by atoms with Crippen molar-refractivity contribution in [3.8, 4) is 0 Å². The molecule has 1 aromatic rings. The third-order valence-corrected chi connectivity index (χ3v) is 3.07. The van der Waals surface area contributed by atoms with Gasteiger partial charge in [-0.05, 0) is 25.5 Å².